The number of aromatic nitrogens is 1. The first-order valence-electron chi connectivity index (χ1n) is 12.6. The molecule has 3 aromatic rings. The number of benzene rings is 1. The second-order valence-corrected chi connectivity index (χ2v) is 11.6. The van der Waals surface area contributed by atoms with Crippen LogP contribution in [0, 0.1) is 6.92 Å². The molecule has 1 atom stereocenters. The van der Waals surface area contributed by atoms with Crippen LogP contribution in [-0.4, -0.2) is 61.2 Å². The highest BCUT2D eigenvalue weighted by atomic mass is 32.2. The van der Waals surface area contributed by atoms with E-state index in [0.29, 0.717) is 37.7 Å². The van der Waals surface area contributed by atoms with Gasteiger partial charge in [-0.3, -0.25) is 9.52 Å². The molecule has 10 heteroatoms. The summed E-state index contributed by atoms with van der Waals surface area (Å²) in [7, 11) is -1.93. The molecular weight excluding hydrogens is 490 g/mol. The molecule has 3 heterocycles. The van der Waals surface area contributed by atoms with E-state index in [9.17, 15) is 13.2 Å². The van der Waals surface area contributed by atoms with Crippen molar-refractivity contribution >= 4 is 39.0 Å². The monoisotopic (exact) mass is 523 g/mol. The number of anilines is 1. The van der Waals surface area contributed by atoms with Crippen molar-refractivity contribution in [2.24, 2.45) is 0 Å². The lowest BCUT2D eigenvalue weighted by atomic mass is 10.1. The van der Waals surface area contributed by atoms with Gasteiger partial charge in [-0.25, -0.2) is 4.98 Å². The van der Waals surface area contributed by atoms with Crippen molar-refractivity contribution in [2.45, 2.75) is 45.2 Å². The summed E-state index contributed by atoms with van der Waals surface area (Å²) in [4.78, 5) is 18.6. The number of nitrogens with one attached hydrogen (secondary N) is 2. The highest BCUT2D eigenvalue weighted by molar-refractivity contribution is 7.90. The molecule has 1 saturated heterocycles. The van der Waals surface area contributed by atoms with E-state index in [1.165, 1.54) is 35.0 Å². The number of hydrogen-bond donors (Lipinski definition) is 2. The molecule has 1 aliphatic carbocycles. The van der Waals surface area contributed by atoms with Crippen LogP contribution in [0.4, 0.5) is 5.82 Å². The SMILES string of the molecule is Cc1c(CN(C)C(=O)/C=C/c2ccc(NS(=O)(=O)N3CCNC(C)C3)nc2)oc2c(C3CC3)cccc12. The van der Waals surface area contributed by atoms with Crippen molar-refractivity contribution < 1.29 is 17.6 Å². The molecule has 2 aromatic heterocycles. The van der Waals surface area contributed by atoms with Gasteiger partial charge in [0.25, 0.3) is 0 Å². The molecular formula is C27H33N5O4S. The van der Waals surface area contributed by atoms with Gasteiger partial charge >= 0.3 is 10.2 Å². The van der Waals surface area contributed by atoms with Crippen LogP contribution in [0.1, 0.15) is 48.1 Å². The molecule has 1 aromatic carbocycles. The van der Waals surface area contributed by atoms with E-state index >= 15 is 0 Å². The van der Waals surface area contributed by atoms with E-state index in [4.69, 9.17) is 4.42 Å². The van der Waals surface area contributed by atoms with Crippen molar-refractivity contribution in [3.63, 3.8) is 0 Å². The van der Waals surface area contributed by atoms with Gasteiger partial charge in [0.2, 0.25) is 5.91 Å². The number of amides is 1. The summed E-state index contributed by atoms with van der Waals surface area (Å²) >= 11 is 0. The number of para-hydroxylation sites is 1. The quantitative estimate of drug-likeness (QED) is 0.437. The molecule has 1 aliphatic heterocycles. The van der Waals surface area contributed by atoms with Crippen LogP contribution < -0.4 is 10.0 Å². The van der Waals surface area contributed by atoms with Gasteiger partial charge in [-0.2, -0.15) is 12.7 Å². The number of carbonyl (C=O) groups excluding carboxylic acids is 1. The molecule has 0 bridgehead atoms. The van der Waals surface area contributed by atoms with Gasteiger partial charge < -0.3 is 14.6 Å². The number of piperazine rings is 1. The molecule has 2 N–H and O–H groups in total. The molecule has 2 aliphatic rings. The van der Waals surface area contributed by atoms with Crippen LogP contribution in [-0.2, 0) is 21.5 Å². The third kappa shape index (κ3) is 5.71. The maximum absolute atomic E-state index is 12.8. The topological polar surface area (TPSA) is 108 Å². The summed E-state index contributed by atoms with van der Waals surface area (Å²) in [5, 5.41) is 4.34. The molecule has 1 saturated carbocycles. The van der Waals surface area contributed by atoms with Crippen LogP contribution in [0.5, 0.6) is 0 Å². The summed E-state index contributed by atoms with van der Waals surface area (Å²) in [6.07, 6.45) is 7.09. The molecule has 196 valence electrons. The summed E-state index contributed by atoms with van der Waals surface area (Å²) in [6, 6.07) is 9.70. The Morgan fingerprint density at radius 2 is 2.11 bits per heavy atom. The summed E-state index contributed by atoms with van der Waals surface area (Å²) < 4.78 is 35.4. The lowest BCUT2D eigenvalue weighted by molar-refractivity contribution is -0.125. The van der Waals surface area contributed by atoms with E-state index < -0.39 is 10.2 Å². The Morgan fingerprint density at radius 3 is 2.81 bits per heavy atom. The van der Waals surface area contributed by atoms with Gasteiger partial charge in [0, 0.05) is 55.9 Å². The summed E-state index contributed by atoms with van der Waals surface area (Å²) in [5.41, 5.74) is 3.97. The standard InChI is InChI=1S/C27H33N5O4S/c1-18-16-32(14-13-28-18)37(34,35)30-25-11-7-20(15-29-25)8-12-26(33)31(3)17-24-19(2)22-5-4-6-23(21-9-10-21)27(22)36-24/h4-8,11-12,15,18,21,28H,9-10,13-14,16-17H2,1-3H3,(H,29,30)/b12-8+. The van der Waals surface area contributed by atoms with Crippen molar-refractivity contribution in [1.82, 2.24) is 19.5 Å². The van der Waals surface area contributed by atoms with Gasteiger partial charge in [0.15, 0.2) is 0 Å². The van der Waals surface area contributed by atoms with E-state index in [2.05, 4.69) is 33.2 Å². The minimum absolute atomic E-state index is 0.0948. The Bertz CT molecular complexity index is 1430. The zero-order valence-electron chi connectivity index (χ0n) is 21.4. The van der Waals surface area contributed by atoms with E-state index in [1.807, 2.05) is 13.8 Å². The van der Waals surface area contributed by atoms with Crippen molar-refractivity contribution in [1.29, 1.82) is 0 Å². The van der Waals surface area contributed by atoms with Gasteiger partial charge in [0.1, 0.15) is 17.2 Å². The minimum atomic E-state index is -3.67. The minimum Gasteiger partial charge on any atom is -0.459 e. The van der Waals surface area contributed by atoms with Crippen LogP contribution in [0.25, 0.3) is 17.0 Å². The molecule has 0 radical (unpaired) electrons. The Morgan fingerprint density at radius 1 is 1.30 bits per heavy atom. The number of furan rings is 1. The third-order valence-corrected chi connectivity index (χ3v) is 8.46. The Labute approximate surface area is 217 Å². The predicted molar refractivity (Wildman–Crippen MR) is 144 cm³/mol. The fourth-order valence-corrected chi connectivity index (χ4v) is 5.91. The summed E-state index contributed by atoms with van der Waals surface area (Å²) in [6.45, 7) is 5.78. The van der Waals surface area contributed by atoms with Crippen LogP contribution >= 0.6 is 0 Å². The van der Waals surface area contributed by atoms with E-state index in [0.717, 1.165) is 22.3 Å². The second kappa shape index (κ2) is 10.3. The lowest BCUT2D eigenvalue weighted by Gasteiger charge is -2.30. The molecule has 1 amide bonds. The van der Waals surface area contributed by atoms with Crippen molar-refractivity contribution in [3.05, 3.63) is 65.1 Å². The first-order valence-corrected chi connectivity index (χ1v) is 14.1. The number of hydrogen-bond acceptors (Lipinski definition) is 6. The second-order valence-electron chi connectivity index (χ2n) is 9.97. The zero-order chi connectivity index (χ0) is 26.2. The van der Waals surface area contributed by atoms with Gasteiger partial charge in [0.05, 0.1) is 6.54 Å². The largest absolute Gasteiger partial charge is 0.459 e. The molecule has 0 spiro atoms. The number of nitrogens with zero attached hydrogens (tertiary/aromatic N) is 3. The highest BCUT2D eigenvalue weighted by Gasteiger charge is 2.28. The van der Waals surface area contributed by atoms with Crippen molar-refractivity contribution in [3.8, 4) is 0 Å². The zero-order valence-corrected chi connectivity index (χ0v) is 22.2. The molecule has 1 unspecified atom stereocenters. The normalized spacial score (nSPS) is 18.9. The Hall–Kier alpha value is -3.21. The number of likely N-dealkylation sites (N-methyl/N-ethyl adjacent to an activating group) is 1. The van der Waals surface area contributed by atoms with Gasteiger partial charge in [-0.1, -0.05) is 18.2 Å². The highest BCUT2D eigenvalue weighted by Crippen LogP contribution is 2.44. The maximum atomic E-state index is 12.8. The number of carbonyl (C=O) groups is 1. The fraction of sp³-hybridized carbons (Fsp3) is 0.407. The summed E-state index contributed by atoms with van der Waals surface area (Å²) in [5.74, 6) is 1.45. The smallest absolute Gasteiger partial charge is 0.302 e. The number of pyridine rings is 1. The lowest BCUT2D eigenvalue weighted by Crippen LogP contribution is -2.52. The number of aryl methyl sites for hydroxylation is 1. The van der Waals surface area contributed by atoms with Gasteiger partial charge in [-0.05, 0) is 61.9 Å². The number of fused-ring (bicyclic) bond motifs is 1. The molecule has 9 nitrogen and oxygen atoms in total. The van der Waals surface area contributed by atoms with Crippen molar-refractivity contribution in [2.75, 3.05) is 31.4 Å². The third-order valence-electron chi connectivity index (χ3n) is 6.98. The average Bonchev–Trinajstić information content (AvgIpc) is 3.68. The Balaban J connectivity index is 1.20. The van der Waals surface area contributed by atoms with Crippen LogP contribution in [0.2, 0.25) is 0 Å². The average molecular weight is 524 g/mol. The predicted octanol–water partition coefficient (Wildman–Crippen LogP) is 3.64. The van der Waals surface area contributed by atoms with Gasteiger partial charge in [-0.15, -0.1) is 0 Å². The fourth-order valence-electron chi connectivity index (χ4n) is 4.64. The van der Waals surface area contributed by atoms with Crippen LogP contribution in [0.15, 0.2) is 47.0 Å². The Kier molecular flexibility index (Phi) is 7.06. The van der Waals surface area contributed by atoms with Crippen LogP contribution in [0.3, 0.4) is 0 Å². The number of rotatable bonds is 8. The maximum Gasteiger partial charge on any atom is 0.302 e. The first kappa shape index (κ1) is 25.4. The first-order chi connectivity index (χ1) is 17.7. The van der Waals surface area contributed by atoms with E-state index in [-0.39, 0.29) is 17.8 Å². The molecule has 37 heavy (non-hydrogen) atoms. The van der Waals surface area contributed by atoms with E-state index in [1.54, 1.807) is 30.2 Å². The molecule has 2 fully saturated rings. The molecule has 5 rings (SSSR count).